The van der Waals surface area contributed by atoms with Crippen molar-refractivity contribution in [1.29, 1.82) is 0 Å². The predicted molar refractivity (Wildman–Crippen MR) is 196 cm³/mol. The Morgan fingerprint density at radius 2 is 1.18 bits per heavy atom. The lowest BCUT2D eigenvalue weighted by atomic mass is 9.90. The van der Waals surface area contributed by atoms with Crippen molar-refractivity contribution in [3.05, 3.63) is 71.8 Å². The number of carboxylic acids is 2. The molecule has 0 unspecified atom stereocenters. The average molecular weight is 761 g/mol. The summed E-state index contributed by atoms with van der Waals surface area (Å²) in [6, 6.07) is 11.5. The van der Waals surface area contributed by atoms with Gasteiger partial charge in [-0.15, -0.1) is 0 Å². The van der Waals surface area contributed by atoms with E-state index in [2.05, 4.69) is 21.3 Å². The molecule has 3 heterocycles. The maximum Gasteiger partial charge on any atom is 0.326 e. The molecule has 5 atom stereocenters. The van der Waals surface area contributed by atoms with Crippen LogP contribution < -0.4 is 21.3 Å². The molecule has 0 bridgehead atoms. The summed E-state index contributed by atoms with van der Waals surface area (Å²) < 4.78 is 0. The monoisotopic (exact) mass is 760 g/mol. The Morgan fingerprint density at radius 3 is 1.80 bits per heavy atom. The van der Waals surface area contributed by atoms with E-state index in [1.165, 1.54) is 10.5 Å². The molecule has 2 aromatic carbocycles. The van der Waals surface area contributed by atoms with Gasteiger partial charge in [0.1, 0.15) is 30.2 Å². The number of nitrogens with one attached hydrogen (secondary N) is 4. The molecule has 3 aliphatic heterocycles. The first kappa shape index (κ1) is 40.4. The van der Waals surface area contributed by atoms with Gasteiger partial charge in [-0.25, -0.2) is 9.59 Å². The number of hydrogen-bond donors (Lipinski definition) is 6. The number of carbonyl (C=O) groups excluding carboxylic acids is 6. The average Bonchev–Trinajstić information content (AvgIpc) is 3.66. The molecule has 0 aromatic heterocycles. The normalized spacial score (nSPS) is 25.2. The summed E-state index contributed by atoms with van der Waals surface area (Å²) in [6.45, 7) is 0.879. The van der Waals surface area contributed by atoms with Crippen LogP contribution in [-0.2, 0) is 51.2 Å². The van der Waals surface area contributed by atoms with E-state index in [1.54, 1.807) is 35.2 Å². The van der Waals surface area contributed by atoms with E-state index in [0.717, 1.165) is 6.42 Å². The second kappa shape index (κ2) is 19.0. The van der Waals surface area contributed by atoms with E-state index in [4.69, 9.17) is 0 Å². The van der Waals surface area contributed by atoms with Crippen molar-refractivity contribution in [3.8, 4) is 0 Å². The molecule has 0 radical (unpaired) electrons. The van der Waals surface area contributed by atoms with Crippen LogP contribution in [0.15, 0.2) is 60.7 Å². The van der Waals surface area contributed by atoms with Crippen molar-refractivity contribution in [2.24, 2.45) is 5.92 Å². The molecular formula is C39H48N6O10. The number of carboxylic acid groups (broad SMARTS) is 2. The zero-order valence-electron chi connectivity index (χ0n) is 30.5. The lowest BCUT2D eigenvalue weighted by Gasteiger charge is -2.35. The highest BCUT2D eigenvalue weighted by Crippen LogP contribution is 2.23. The van der Waals surface area contributed by atoms with E-state index < -0.39 is 90.4 Å². The van der Waals surface area contributed by atoms with Crippen LogP contribution in [0.2, 0.25) is 0 Å². The van der Waals surface area contributed by atoms with Gasteiger partial charge < -0.3 is 41.3 Å². The van der Waals surface area contributed by atoms with Gasteiger partial charge in [-0.1, -0.05) is 60.7 Å². The highest BCUT2D eigenvalue weighted by atomic mass is 16.4. The first-order valence-electron chi connectivity index (χ1n) is 18.7. The van der Waals surface area contributed by atoms with Crippen LogP contribution in [0.1, 0.15) is 62.5 Å². The molecule has 0 spiro atoms. The van der Waals surface area contributed by atoms with Crippen molar-refractivity contribution in [2.45, 2.75) is 94.4 Å². The number of amides is 6. The van der Waals surface area contributed by atoms with E-state index in [1.807, 2.05) is 30.3 Å². The highest BCUT2D eigenvalue weighted by molar-refractivity contribution is 5.97. The number of nitrogens with zero attached hydrogens (tertiary/aromatic N) is 2. The lowest BCUT2D eigenvalue weighted by molar-refractivity contribution is -0.145. The van der Waals surface area contributed by atoms with Gasteiger partial charge in [0.05, 0.1) is 12.8 Å². The van der Waals surface area contributed by atoms with E-state index in [0.29, 0.717) is 43.8 Å². The second-order valence-electron chi connectivity index (χ2n) is 14.4. The van der Waals surface area contributed by atoms with Gasteiger partial charge in [-0.3, -0.25) is 28.8 Å². The third-order valence-electron chi connectivity index (χ3n) is 10.4. The Balaban J connectivity index is 1.41. The van der Waals surface area contributed by atoms with Crippen LogP contribution in [0.4, 0.5) is 0 Å². The molecule has 3 saturated heterocycles. The Bertz CT molecular complexity index is 1730. The fourth-order valence-electron chi connectivity index (χ4n) is 7.41. The molecule has 16 heteroatoms. The Labute approximate surface area is 318 Å². The Hall–Kier alpha value is -5.80. The van der Waals surface area contributed by atoms with Gasteiger partial charge in [0.25, 0.3) is 0 Å². The maximum atomic E-state index is 14.1. The third kappa shape index (κ3) is 11.4. The highest BCUT2D eigenvalue weighted by Gasteiger charge is 2.38. The van der Waals surface area contributed by atoms with E-state index in [-0.39, 0.29) is 32.2 Å². The van der Waals surface area contributed by atoms with Crippen LogP contribution in [0.25, 0.3) is 0 Å². The van der Waals surface area contributed by atoms with Gasteiger partial charge in [0.2, 0.25) is 35.4 Å². The van der Waals surface area contributed by atoms with Crippen molar-refractivity contribution in [2.75, 3.05) is 19.6 Å². The van der Waals surface area contributed by atoms with Crippen LogP contribution in [-0.4, -0.2) is 117 Å². The second-order valence-corrected chi connectivity index (χ2v) is 14.4. The molecule has 3 fully saturated rings. The Kier molecular flexibility index (Phi) is 13.9. The lowest BCUT2D eigenvalue weighted by Crippen LogP contribution is -2.57. The van der Waals surface area contributed by atoms with E-state index >= 15 is 0 Å². The zero-order chi connectivity index (χ0) is 39.5. The number of benzene rings is 2. The number of rotatable bonds is 7. The van der Waals surface area contributed by atoms with Crippen molar-refractivity contribution < 1.29 is 48.6 Å². The number of piperidine rings is 1. The van der Waals surface area contributed by atoms with Gasteiger partial charge in [0.15, 0.2) is 0 Å². The van der Waals surface area contributed by atoms with Crippen molar-refractivity contribution >= 4 is 47.4 Å². The maximum absolute atomic E-state index is 14.1. The summed E-state index contributed by atoms with van der Waals surface area (Å²) in [4.78, 5) is 109. The fourth-order valence-corrected chi connectivity index (χ4v) is 7.41. The number of hydrogen-bond acceptors (Lipinski definition) is 8. The molecule has 294 valence electrons. The topological polar surface area (TPSA) is 232 Å². The van der Waals surface area contributed by atoms with Gasteiger partial charge in [0, 0.05) is 32.5 Å². The van der Waals surface area contributed by atoms with Crippen LogP contribution in [0.5, 0.6) is 0 Å². The molecule has 0 aliphatic carbocycles. The summed E-state index contributed by atoms with van der Waals surface area (Å²) in [6.07, 6.45) is 0.686. The van der Waals surface area contributed by atoms with Crippen LogP contribution in [0, 0.1) is 5.92 Å². The SMILES string of the molecule is O=C1C[C@H](C(=O)O)NC(=O)[C@@H]2CCCN2C(=O)CC[C@H](C(=O)O)NC(=O)C[C@H](C(=O)N2CCC(Cc3ccccc3)CC2)NC(=O)[C@H](Cc2ccccc2)N1. The van der Waals surface area contributed by atoms with Gasteiger partial charge in [-0.05, 0) is 55.6 Å². The number of carbonyl (C=O) groups is 8. The molecule has 55 heavy (non-hydrogen) atoms. The summed E-state index contributed by atoms with van der Waals surface area (Å²) in [5.74, 6) is -7.14. The molecule has 6 amide bonds. The third-order valence-corrected chi connectivity index (χ3v) is 10.4. The molecule has 16 nitrogen and oxygen atoms in total. The minimum Gasteiger partial charge on any atom is -0.480 e. The smallest absolute Gasteiger partial charge is 0.326 e. The summed E-state index contributed by atoms with van der Waals surface area (Å²) >= 11 is 0. The van der Waals surface area contributed by atoms with Crippen molar-refractivity contribution in [3.63, 3.8) is 0 Å². The number of fused-ring (bicyclic) bond motifs is 1. The van der Waals surface area contributed by atoms with Crippen molar-refractivity contribution in [1.82, 2.24) is 31.1 Å². The summed E-state index contributed by atoms with van der Waals surface area (Å²) in [5.41, 5.74) is 1.80. The quantitative estimate of drug-likeness (QED) is 0.227. The van der Waals surface area contributed by atoms with E-state index in [9.17, 15) is 48.6 Å². The minimum atomic E-state index is -1.70. The van der Waals surface area contributed by atoms with Crippen LogP contribution >= 0.6 is 0 Å². The fraction of sp³-hybridized carbons (Fsp3) is 0.487. The molecule has 2 aromatic rings. The number of likely N-dealkylation sites (tertiary alicyclic amines) is 1. The molecule has 3 aliphatic rings. The van der Waals surface area contributed by atoms with Gasteiger partial charge in [-0.2, -0.15) is 0 Å². The first-order valence-corrected chi connectivity index (χ1v) is 18.7. The Morgan fingerprint density at radius 1 is 0.618 bits per heavy atom. The molecule has 6 N–H and O–H groups in total. The van der Waals surface area contributed by atoms with Crippen LogP contribution in [0.3, 0.4) is 0 Å². The van der Waals surface area contributed by atoms with Gasteiger partial charge >= 0.3 is 11.9 Å². The zero-order valence-corrected chi connectivity index (χ0v) is 30.5. The largest absolute Gasteiger partial charge is 0.480 e. The molecular weight excluding hydrogens is 712 g/mol. The molecule has 5 rings (SSSR count). The predicted octanol–water partition coefficient (Wildman–Crippen LogP) is 0.384. The number of aliphatic carboxylic acids is 2. The summed E-state index contributed by atoms with van der Waals surface area (Å²) in [7, 11) is 0. The standard InChI is InChI=1S/C39H48N6O10/c46-32-22-29(37(51)44-18-15-26(16-19-44)20-24-8-3-1-4-9-24)42-35(49)28(21-25-10-5-2-6-11-25)41-33(47)23-30(39(54)55)43-36(50)31-12-7-17-45(31)34(48)14-13-27(40-32)38(52)53/h1-6,8-11,26-31H,7,12-23H2,(H,40,46)(H,41,47)(H,42,49)(H,43,50)(H,52,53)(H,54,55)/t27-,28+,29-,30-,31+/m1/s1. The minimum absolute atomic E-state index is 0.0687. The first-order chi connectivity index (χ1) is 26.4. The summed E-state index contributed by atoms with van der Waals surface area (Å²) in [5, 5.41) is 29.8. The molecule has 0 saturated carbocycles.